The molecule has 0 aliphatic carbocycles. The van der Waals surface area contributed by atoms with Crippen molar-refractivity contribution in [2.24, 2.45) is 0 Å². The molecule has 0 fully saturated rings. The van der Waals surface area contributed by atoms with E-state index in [0.717, 1.165) is 16.8 Å². The van der Waals surface area contributed by atoms with E-state index in [1.807, 2.05) is 48.5 Å². The number of hydrogen-bond donors (Lipinski definition) is 1. The number of nitrogens with zero attached hydrogens (tertiary/aromatic N) is 5. The SMILES string of the molecule is O=C(COc1ccc(Cl)cc1)Nc1ccc(-c2ccc3nnc(-c4cccnc4)n3n2)cc1. The first-order valence-corrected chi connectivity index (χ1v) is 10.4. The Balaban J connectivity index is 1.29. The van der Waals surface area contributed by atoms with Gasteiger partial charge in [0.2, 0.25) is 0 Å². The summed E-state index contributed by atoms with van der Waals surface area (Å²) in [7, 11) is 0. The van der Waals surface area contributed by atoms with Crippen molar-refractivity contribution in [3.63, 3.8) is 0 Å². The van der Waals surface area contributed by atoms with Crippen LogP contribution in [0.3, 0.4) is 0 Å². The van der Waals surface area contributed by atoms with Crippen LogP contribution in [0.1, 0.15) is 0 Å². The summed E-state index contributed by atoms with van der Waals surface area (Å²) in [5.74, 6) is 0.929. The maximum Gasteiger partial charge on any atom is 0.262 e. The molecule has 1 N–H and O–H groups in total. The molecule has 9 heteroatoms. The van der Waals surface area contributed by atoms with Gasteiger partial charge >= 0.3 is 0 Å². The van der Waals surface area contributed by atoms with Crippen LogP contribution in [0.15, 0.2) is 85.2 Å². The second-order valence-corrected chi connectivity index (χ2v) is 7.56. The number of aromatic nitrogens is 5. The number of nitrogens with one attached hydrogen (secondary N) is 1. The average Bonchev–Trinajstić information content (AvgIpc) is 3.28. The van der Waals surface area contributed by atoms with Gasteiger partial charge in [-0.15, -0.1) is 10.2 Å². The zero-order valence-electron chi connectivity index (χ0n) is 17.2. The van der Waals surface area contributed by atoms with Gasteiger partial charge in [-0.05, 0) is 60.7 Å². The lowest BCUT2D eigenvalue weighted by molar-refractivity contribution is -0.118. The molecular weight excluding hydrogens is 440 g/mol. The number of rotatable bonds is 6. The number of hydrogen-bond acceptors (Lipinski definition) is 6. The second kappa shape index (κ2) is 9.05. The number of carbonyl (C=O) groups excluding carboxylic acids is 1. The van der Waals surface area contributed by atoms with Crippen molar-refractivity contribution < 1.29 is 9.53 Å². The first-order chi connectivity index (χ1) is 16.2. The minimum absolute atomic E-state index is 0.105. The molecule has 0 aliphatic rings. The van der Waals surface area contributed by atoms with Gasteiger partial charge in [0.15, 0.2) is 18.1 Å². The minimum Gasteiger partial charge on any atom is -0.484 e. The van der Waals surface area contributed by atoms with E-state index in [0.29, 0.717) is 27.9 Å². The van der Waals surface area contributed by atoms with Gasteiger partial charge in [-0.2, -0.15) is 9.61 Å². The van der Waals surface area contributed by atoms with E-state index in [1.165, 1.54) is 0 Å². The van der Waals surface area contributed by atoms with Gasteiger partial charge in [0.1, 0.15) is 5.75 Å². The molecule has 5 rings (SSSR count). The first-order valence-electron chi connectivity index (χ1n) is 10.1. The highest BCUT2D eigenvalue weighted by Crippen LogP contribution is 2.22. The van der Waals surface area contributed by atoms with E-state index < -0.39 is 0 Å². The van der Waals surface area contributed by atoms with Crippen molar-refractivity contribution in [2.75, 3.05) is 11.9 Å². The van der Waals surface area contributed by atoms with Crippen LogP contribution in [0.2, 0.25) is 5.02 Å². The fraction of sp³-hybridized carbons (Fsp3) is 0.0417. The Hall–Kier alpha value is -4.30. The quantitative estimate of drug-likeness (QED) is 0.403. The normalized spacial score (nSPS) is 10.8. The molecule has 0 saturated heterocycles. The summed E-state index contributed by atoms with van der Waals surface area (Å²) in [6, 6.07) is 21.7. The summed E-state index contributed by atoms with van der Waals surface area (Å²) in [5.41, 5.74) is 3.76. The Morgan fingerprint density at radius 3 is 2.52 bits per heavy atom. The van der Waals surface area contributed by atoms with Gasteiger partial charge in [-0.3, -0.25) is 9.78 Å². The third-order valence-electron chi connectivity index (χ3n) is 4.83. The number of anilines is 1. The van der Waals surface area contributed by atoms with Crippen LogP contribution < -0.4 is 10.1 Å². The van der Waals surface area contributed by atoms with Crippen molar-refractivity contribution in [2.45, 2.75) is 0 Å². The number of carbonyl (C=O) groups is 1. The minimum atomic E-state index is -0.261. The van der Waals surface area contributed by atoms with E-state index in [4.69, 9.17) is 16.3 Å². The fourth-order valence-electron chi connectivity index (χ4n) is 3.22. The third kappa shape index (κ3) is 4.65. The molecule has 0 bridgehead atoms. The largest absolute Gasteiger partial charge is 0.484 e. The zero-order chi connectivity index (χ0) is 22.6. The van der Waals surface area contributed by atoms with Gasteiger partial charge in [0.05, 0.1) is 5.69 Å². The third-order valence-corrected chi connectivity index (χ3v) is 5.08. The lowest BCUT2D eigenvalue weighted by Crippen LogP contribution is -2.20. The maximum atomic E-state index is 12.2. The van der Waals surface area contributed by atoms with Crippen LogP contribution >= 0.6 is 11.6 Å². The topological polar surface area (TPSA) is 94.3 Å². The molecular formula is C24H17ClN6O2. The number of ether oxygens (including phenoxy) is 1. The molecule has 0 aliphatic heterocycles. The standard InChI is InChI=1S/C24H17ClN6O2/c25-18-5-9-20(10-6-18)33-15-23(32)27-19-7-3-16(4-8-19)21-11-12-22-28-29-24(31(22)30-21)17-2-1-13-26-14-17/h1-14H,15H2,(H,27,32). The van der Waals surface area contributed by atoms with E-state index in [1.54, 1.807) is 41.2 Å². The van der Waals surface area contributed by atoms with Crippen LogP contribution in [-0.2, 0) is 4.79 Å². The molecule has 2 aromatic carbocycles. The Morgan fingerprint density at radius 1 is 0.939 bits per heavy atom. The monoisotopic (exact) mass is 456 g/mol. The highest BCUT2D eigenvalue weighted by atomic mass is 35.5. The Kier molecular flexibility index (Phi) is 5.65. The number of pyridine rings is 1. The predicted molar refractivity (Wildman–Crippen MR) is 125 cm³/mol. The van der Waals surface area contributed by atoms with Gasteiger partial charge in [-0.25, -0.2) is 0 Å². The maximum absolute atomic E-state index is 12.2. The molecule has 0 saturated carbocycles. The Labute approximate surface area is 193 Å². The van der Waals surface area contributed by atoms with E-state index in [9.17, 15) is 4.79 Å². The highest BCUT2D eigenvalue weighted by Gasteiger charge is 2.11. The summed E-state index contributed by atoms with van der Waals surface area (Å²) >= 11 is 5.85. The fourth-order valence-corrected chi connectivity index (χ4v) is 3.34. The second-order valence-electron chi connectivity index (χ2n) is 7.12. The molecule has 0 unspecified atom stereocenters. The van der Waals surface area contributed by atoms with Crippen molar-refractivity contribution in [3.8, 4) is 28.4 Å². The van der Waals surface area contributed by atoms with Crippen LogP contribution in [-0.4, -0.2) is 37.3 Å². The van der Waals surface area contributed by atoms with Crippen LogP contribution in [0.4, 0.5) is 5.69 Å². The number of halogens is 1. The van der Waals surface area contributed by atoms with E-state index >= 15 is 0 Å². The zero-order valence-corrected chi connectivity index (χ0v) is 18.0. The molecule has 162 valence electrons. The molecule has 3 aromatic heterocycles. The summed E-state index contributed by atoms with van der Waals surface area (Å²) in [6.45, 7) is -0.105. The summed E-state index contributed by atoms with van der Waals surface area (Å²) in [4.78, 5) is 16.3. The number of amides is 1. The van der Waals surface area contributed by atoms with Crippen molar-refractivity contribution in [1.82, 2.24) is 24.8 Å². The Bertz CT molecular complexity index is 1400. The van der Waals surface area contributed by atoms with Crippen LogP contribution in [0.5, 0.6) is 5.75 Å². The molecule has 8 nitrogen and oxygen atoms in total. The number of fused-ring (bicyclic) bond motifs is 1. The number of benzene rings is 2. The predicted octanol–water partition coefficient (Wildman–Crippen LogP) is 4.52. The van der Waals surface area contributed by atoms with E-state index in [-0.39, 0.29) is 12.5 Å². The van der Waals surface area contributed by atoms with Gasteiger partial charge in [0.25, 0.3) is 5.91 Å². The summed E-state index contributed by atoms with van der Waals surface area (Å²) in [6.07, 6.45) is 3.43. The lowest BCUT2D eigenvalue weighted by Gasteiger charge is -2.08. The van der Waals surface area contributed by atoms with E-state index in [2.05, 4.69) is 25.6 Å². The van der Waals surface area contributed by atoms with Gasteiger partial charge in [-0.1, -0.05) is 23.7 Å². The van der Waals surface area contributed by atoms with Crippen molar-refractivity contribution in [3.05, 3.63) is 90.2 Å². The smallest absolute Gasteiger partial charge is 0.262 e. The summed E-state index contributed by atoms with van der Waals surface area (Å²) < 4.78 is 7.16. The molecule has 0 radical (unpaired) electrons. The van der Waals surface area contributed by atoms with Gasteiger partial charge in [0, 0.05) is 34.2 Å². The molecule has 0 spiro atoms. The molecule has 5 aromatic rings. The first kappa shape index (κ1) is 20.6. The molecule has 3 heterocycles. The Morgan fingerprint density at radius 2 is 1.76 bits per heavy atom. The molecule has 33 heavy (non-hydrogen) atoms. The summed E-state index contributed by atoms with van der Waals surface area (Å²) in [5, 5.41) is 16.5. The lowest BCUT2D eigenvalue weighted by atomic mass is 10.1. The van der Waals surface area contributed by atoms with Crippen LogP contribution in [0, 0.1) is 0 Å². The van der Waals surface area contributed by atoms with Crippen molar-refractivity contribution >= 4 is 28.8 Å². The van der Waals surface area contributed by atoms with Gasteiger partial charge < -0.3 is 10.1 Å². The molecule has 0 atom stereocenters. The average molecular weight is 457 g/mol. The highest BCUT2D eigenvalue weighted by molar-refractivity contribution is 6.30. The molecule has 1 amide bonds. The van der Waals surface area contributed by atoms with Crippen LogP contribution in [0.25, 0.3) is 28.3 Å². The van der Waals surface area contributed by atoms with Crippen molar-refractivity contribution in [1.29, 1.82) is 0 Å².